The summed E-state index contributed by atoms with van der Waals surface area (Å²) in [4.78, 5) is 15.5. The number of amides is 1. The lowest BCUT2D eigenvalue weighted by Gasteiger charge is -2.20. The number of pyridine rings is 1. The van der Waals surface area contributed by atoms with Crippen LogP contribution in [0, 0.1) is 11.7 Å². The van der Waals surface area contributed by atoms with Gasteiger partial charge in [0, 0.05) is 6.04 Å². The van der Waals surface area contributed by atoms with Gasteiger partial charge in [-0.15, -0.1) is 0 Å². The van der Waals surface area contributed by atoms with Crippen molar-refractivity contribution in [3.8, 4) is 0 Å². The standard InChI is InChI=1S/C12H18FN3O/c1-4-10(7(2)3)16-12(17)9-5-8(13)6-15-11(9)14/h5-7,10H,4H2,1-3H3,(H2,14,15)(H,16,17). The number of halogens is 1. The summed E-state index contributed by atoms with van der Waals surface area (Å²) >= 11 is 0. The number of nitrogens with zero attached hydrogens (tertiary/aromatic N) is 1. The lowest BCUT2D eigenvalue weighted by molar-refractivity contribution is 0.0925. The fourth-order valence-corrected chi connectivity index (χ4v) is 1.62. The highest BCUT2D eigenvalue weighted by Crippen LogP contribution is 2.12. The van der Waals surface area contributed by atoms with Gasteiger partial charge in [0.05, 0.1) is 11.8 Å². The van der Waals surface area contributed by atoms with Crippen molar-refractivity contribution in [2.24, 2.45) is 5.92 Å². The van der Waals surface area contributed by atoms with Crippen LogP contribution in [0.25, 0.3) is 0 Å². The molecule has 0 spiro atoms. The van der Waals surface area contributed by atoms with Gasteiger partial charge in [-0.05, 0) is 18.4 Å². The average molecular weight is 239 g/mol. The van der Waals surface area contributed by atoms with E-state index in [1.807, 2.05) is 20.8 Å². The van der Waals surface area contributed by atoms with Crippen LogP contribution >= 0.6 is 0 Å². The SMILES string of the molecule is CCC(NC(=O)c1cc(F)cnc1N)C(C)C. The fraction of sp³-hybridized carbons (Fsp3) is 0.500. The third-order valence-electron chi connectivity index (χ3n) is 2.69. The van der Waals surface area contributed by atoms with Crippen LogP contribution in [0.15, 0.2) is 12.3 Å². The Morgan fingerprint density at radius 3 is 2.76 bits per heavy atom. The van der Waals surface area contributed by atoms with E-state index in [1.165, 1.54) is 0 Å². The number of nitrogens with two attached hydrogens (primary N) is 1. The van der Waals surface area contributed by atoms with E-state index in [-0.39, 0.29) is 23.3 Å². The molecule has 1 unspecified atom stereocenters. The number of carbonyl (C=O) groups excluding carboxylic acids is 1. The number of aromatic nitrogens is 1. The molecule has 1 amide bonds. The molecule has 0 aliphatic heterocycles. The second-order valence-corrected chi connectivity index (χ2v) is 4.32. The van der Waals surface area contributed by atoms with E-state index in [0.717, 1.165) is 18.7 Å². The van der Waals surface area contributed by atoms with Gasteiger partial charge in [-0.25, -0.2) is 9.37 Å². The normalized spacial score (nSPS) is 12.5. The van der Waals surface area contributed by atoms with Crippen molar-refractivity contribution in [1.82, 2.24) is 10.3 Å². The van der Waals surface area contributed by atoms with Crippen LogP contribution in [0.4, 0.5) is 10.2 Å². The average Bonchev–Trinajstić information content (AvgIpc) is 2.28. The molecular formula is C12H18FN3O. The Balaban J connectivity index is 2.86. The first-order valence-electron chi connectivity index (χ1n) is 5.67. The molecule has 0 saturated carbocycles. The van der Waals surface area contributed by atoms with Gasteiger partial charge >= 0.3 is 0 Å². The summed E-state index contributed by atoms with van der Waals surface area (Å²) in [6.45, 7) is 6.02. The third-order valence-corrected chi connectivity index (χ3v) is 2.69. The first-order valence-corrected chi connectivity index (χ1v) is 5.67. The topological polar surface area (TPSA) is 68.0 Å². The van der Waals surface area contributed by atoms with Gasteiger partial charge in [0.15, 0.2) is 0 Å². The summed E-state index contributed by atoms with van der Waals surface area (Å²) < 4.78 is 13.0. The Morgan fingerprint density at radius 2 is 2.24 bits per heavy atom. The highest BCUT2D eigenvalue weighted by Gasteiger charge is 2.18. The fourth-order valence-electron chi connectivity index (χ4n) is 1.62. The minimum absolute atomic E-state index is 0.0440. The molecule has 0 aliphatic carbocycles. The van der Waals surface area contributed by atoms with Gasteiger partial charge in [-0.2, -0.15) is 0 Å². The third kappa shape index (κ3) is 3.41. The molecule has 3 N–H and O–H groups in total. The molecule has 1 rings (SSSR count). The lowest BCUT2D eigenvalue weighted by Crippen LogP contribution is -2.38. The van der Waals surface area contributed by atoms with E-state index in [1.54, 1.807) is 0 Å². The van der Waals surface area contributed by atoms with E-state index in [9.17, 15) is 9.18 Å². The number of carbonyl (C=O) groups is 1. The Kier molecular flexibility index (Phi) is 4.43. The van der Waals surface area contributed by atoms with E-state index in [0.29, 0.717) is 5.92 Å². The second kappa shape index (κ2) is 5.61. The van der Waals surface area contributed by atoms with Crippen molar-refractivity contribution in [2.75, 3.05) is 5.73 Å². The minimum atomic E-state index is -0.568. The van der Waals surface area contributed by atoms with Crippen molar-refractivity contribution in [3.63, 3.8) is 0 Å². The largest absolute Gasteiger partial charge is 0.383 e. The minimum Gasteiger partial charge on any atom is -0.383 e. The number of nitrogens with one attached hydrogen (secondary N) is 1. The number of hydrogen-bond donors (Lipinski definition) is 2. The van der Waals surface area contributed by atoms with Crippen LogP contribution in [-0.2, 0) is 0 Å². The maximum atomic E-state index is 13.0. The number of nitrogen functional groups attached to an aromatic ring is 1. The van der Waals surface area contributed by atoms with E-state index in [2.05, 4.69) is 10.3 Å². The van der Waals surface area contributed by atoms with Crippen molar-refractivity contribution in [3.05, 3.63) is 23.6 Å². The quantitative estimate of drug-likeness (QED) is 0.844. The molecule has 1 heterocycles. The van der Waals surface area contributed by atoms with Crippen molar-refractivity contribution < 1.29 is 9.18 Å². The van der Waals surface area contributed by atoms with Crippen LogP contribution in [0.3, 0.4) is 0 Å². The zero-order chi connectivity index (χ0) is 13.0. The molecule has 0 saturated heterocycles. The number of anilines is 1. The Labute approximate surface area is 100 Å². The van der Waals surface area contributed by atoms with Crippen LogP contribution < -0.4 is 11.1 Å². The van der Waals surface area contributed by atoms with Gasteiger partial charge in [0.1, 0.15) is 11.6 Å². The zero-order valence-electron chi connectivity index (χ0n) is 10.3. The predicted octanol–water partition coefficient (Wildman–Crippen LogP) is 1.97. The van der Waals surface area contributed by atoms with Crippen molar-refractivity contribution >= 4 is 11.7 Å². The summed E-state index contributed by atoms with van der Waals surface area (Å²) in [5.41, 5.74) is 5.63. The molecule has 94 valence electrons. The van der Waals surface area contributed by atoms with Crippen molar-refractivity contribution in [1.29, 1.82) is 0 Å². The molecule has 4 nitrogen and oxygen atoms in total. The molecular weight excluding hydrogens is 221 g/mol. The smallest absolute Gasteiger partial charge is 0.255 e. The van der Waals surface area contributed by atoms with Crippen LogP contribution in [0.5, 0.6) is 0 Å². The maximum absolute atomic E-state index is 13.0. The maximum Gasteiger partial charge on any atom is 0.255 e. The van der Waals surface area contributed by atoms with Crippen LogP contribution in [-0.4, -0.2) is 16.9 Å². The van der Waals surface area contributed by atoms with Gasteiger partial charge in [-0.1, -0.05) is 20.8 Å². The summed E-state index contributed by atoms with van der Waals surface area (Å²) in [6, 6.07) is 1.15. The van der Waals surface area contributed by atoms with Crippen molar-refractivity contribution in [2.45, 2.75) is 33.2 Å². The van der Waals surface area contributed by atoms with Gasteiger partial charge in [-0.3, -0.25) is 4.79 Å². The first-order chi connectivity index (χ1) is 7.95. The summed E-state index contributed by atoms with van der Waals surface area (Å²) in [6.07, 6.45) is 1.80. The molecule has 0 radical (unpaired) electrons. The van der Waals surface area contributed by atoms with Gasteiger partial charge in [0.25, 0.3) is 5.91 Å². The molecule has 1 atom stereocenters. The second-order valence-electron chi connectivity index (χ2n) is 4.32. The number of hydrogen-bond acceptors (Lipinski definition) is 3. The van der Waals surface area contributed by atoms with Crippen LogP contribution in [0.1, 0.15) is 37.6 Å². The predicted molar refractivity (Wildman–Crippen MR) is 65.0 cm³/mol. The molecule has 0 aliphatic rings. The lowest BCUT2D eigenvalue weighted by atomic mass is 10.0. The highest BCUT2D eigenvalue weighted by atomic mass is 19.1. The Bertz CT molecular complexity index is 407. The number of rotatable bonds is 4. The molecule has 1 aromatic heterocycles. The molecule has 0 bridgehead atoms. The van der Waals surface area contributed by atoms with E-state index < -0.39 is 5.82 Å². The Morgan fingerprint density at radius 1 is 1.59 bits per heavy atom. The summed E-state index contributed by atoms with van der Waals surface area (Å²) in [5, 5.41) is 2.82. The first kappa shape index (κ1) is 13.4. The molecule has 17 heavy (non-hydrogen) atoms. The molecule has 1 aromatic rings. The zero-order valence-corrected chi connectivity index (χ0v) is 10.3. The monoisotopic (exact) mass is 239 g/mol. The van der Waals surface area contributed by atoms with Gasteiger partial charge in [0.2, 0.25) is 0 Å². The highest BCUT2D eigenvalue weighted by molar-refractivity contribution is 5.98. The molecule has 5 heteroatoms. The van der Waals surface area contributed by atoms with E-state index in [4.69, 9.17) is 5.73 Å². The Hall–Kier alpha value is -1.65. The summed E-state index contributed by atoms with van der Waals surface area (Å²) in [5.74, 6) is -0.591. The molecule has 0 fully saturated rings. The van der Waals surface area contributed by atoms with Crippen LogP contribution in [0.2, 0.25) is 0 Å². The summed E-state index contributed by atoms with van der Waals surface area (Å²) in [7, 11) is 0. The van der Waals surface area contributed by atoms with Gasteiger partial charge < -0.3 is 11.1 Å². The molecule has 0 aromatic carbocycles. The van der Waals surface area contributed by atoms with E-state index >= 15 is 0 Å².